The zero-order valence-corrected chi connectivity index (χ0v) is 11.5. The first-order chi connectivity index (χ1) is 9.00. The third-order valence-electron chi connectivity index (χ3n) is 3.09. The number of benzene rings is 2. The molecule has 0 aliphatic carbocycles. The predicted octanol–water partition coefficient (Wildman–Crippen LogP) is 3.22. The van der Waals surface area contributed by atoms with E-state index in [0.717, 1.165) is 11.1 Å². The second-order valence-electron chi connectivity index (χ2n) is 4.41. The maximum absolute atomic E-state index is 11.6. The van der Waals surface area contributed by atoms with Crippen LogP contribution in [0.2, 0.25) is 0 Å². The van der Waals surface area contributed by atoms with Crippen LogP contribution in [0.4, 0.5) is 0 Å². The molecule has 0 saturated heterocycles. The van der Waals surface area contributed by atoms with Crippen LogP contribution in [-0.4, -0.2) is 15.4 Å². The summed E-state index contributed by atoms with van der Waals surface area (Å²) in [6, 6.07) is 18.7. The Morgan fingerprint density at radius 3 is 1.58 bits per heavy atom. The quantitative estimate of drug-likeness (QED) is 0.842. The summed E-state index contributed by atoms with van der Waals surface area (Å²) >= 11 is 0. The first-order valence-electron chi connectivity index (χ1n) is 6.03. The summed E-state index contributed by atoms with van der Waals surface area (Å²) < 4.78 is 11.6. The van der Waals surface area contributed by atoms with Crippen LogP contribution < -0.4 is 0 Å². The molecule has 0 bridgehead atoms. The van der Waals surface area contributed by atoms with Gasteiger partial charge in [0.15, 0.2) is 0 Å². The zero-order chi connectivity index (χ0) is 13.9. The summed E-state index contributed by atoms with van der Waals surface area (Å²) in [6.07, 6.45) is 0. The Hall–Kier alpha value is -1.41. The number of hydrogen-bond donors (Lipinski definition) is 2. The Morgan fingerprint density at radius 2 is 1.26 bits per heavy atom. The van der Waals surface area contributed by atoms with Gasteiger partial charge >= 0.3 is 7.60 Å². The molecule has 0 amide bonds. The van der Waals surface area contributed by atoms with Crippen LogP contribution in [0.1, 0.15) is 18.1 Å². The molecule has 0 heterocycles. The monoisotopic (exact) mass is 275 g/mol. The van der Waals surface area contributed by atoms with Crippen LogP contribution in [-0.2, 0) is 4.57 Å². The van der Waals surface area contributed by atoms with Crippen molar-refractivity contribution in [1.29, 1.82) is 0 Å². The molecule has 0 spiro atoms. The van der Waals surface area contributed by atoms with Gasteiger partial charge in [-0.25, -0.2) is 0 Å². The lowest BCUT2D eigenvalue weighted by molar-refractivity contribution is 0.363. The second-order valence-corrected chi connectivity index (χ2v) is 6.36. The summed E-state index contributed by atoms with van der Waals surface area (Å²) in [4.78, 5) is 18.9. The third kappa shape index (κ3) is 3.32. The van der Waals surface area contributed by atoms with Crippen molar-refractivity contribution in [3.63, 3.8) is 0 Å². The fourth-order valence-electron chi connectivity index (χ4n) is 2.05. The smallest absolute Gasteiger partial charge is 0.324 e. The van der Waals surface area contributed by atoms with Crippen molar-refractivity contribution in [3.05, 3.63) is 77.7 Å². The summed E-state index contributed by atoms with van der Waals surface area (Å²) in [5, 5.41) is 0. The molecule has 1 radical (unpaired) electrons. The fourth-order valence-corrected chi connectivity index (χ4v) is 2.69. The van der Waals surface area contributed by atoms with Crippen LogP contribution >= 0.6 is 7.60 Å². The minimum absolute atomic E-state index is 0.675. The average molecular weight is 275 g/mol. The molecule has 0 saturated carbocycles. The highest BCUT2D eigenvalue weighted by atomic mass is 31.2. The Balaban J connectivity index is 2.49. The standard InChI is InChI=1S/C15H16O3P/c1-12(19(16,17)18)15(13-8-4-2-5-9-13)14-10-6-3-7-11-14/h2-12H,1H3,(H2,16,17,18). The van der Waals surface area contributed by atoms with E-state index in [-0.39, 0.29) is 0 Å². The van der Waals surface area contributed by atoms with Gasteiger partial charge in [0.05, 0.1) is 5.66 Å². The largest absolute Gasteiger partial charge is 0.329 e. The zero-order valence-electron chi connectivity index (χ0n) is 10.6. The minimum Gasteiger partial charge on any atom is -0.324 e. The first kappa shape index (κ1) is 14.0. The lowest BCUT2D eigenvalue weighted by atomic mass is 9.89. The normalized spacial score (nSPS) is 13.5. The maximum Gasteiger partial charge on any atom is 0.329 e. The van der Waals surface area contributed by atoms with Crippen LogP contribution in [0.15, 0.2) is 60.7 Å². The SMILES string of the molecule is CC([C](c1ccccc1)c1ccccc1)P(=O)(O)O. The van der Waals surface area contributed by atoms with Gasteiger partial charge in [0.2, 0.25) is 0 Å². The molecule has 99 valence electrons. The number of hydrogen-bond acceptors (Lipinski definition) is 1. The third-order valence-corrected chi connectivity index (χ3v) is 4.36. The van der Waals surface area contributed by atoms with E-state index < -0.39 is 13.3 Å². The van der Waals surface area contributed by atoms with Gasteiger partial charge in [0, 0.05) is 5.92 Å². The van der Waals surface area contributed by atoms with Crippen molar-refractivity contribution in [2.75, 3.05) is 0 Å². The fraction of sp³-hybridized carbons (Fsp3) is 0.133. The Labute approximate surface area is 113 Å². The molecule has 19 heavy (non-hydrogen) atoms. The van der Waals surface area contributed by atoms with Crippen molar-refractivity contribution < 1.29 is 14.4 Å². The van der Waals surface area contributed by atoms with E-state index in [0.29, 0.717) is 5.92 Å². The molecule has 0 aromatic heterocycles. The second kappa shape index (κ2) is 5.70. The minimum atomic E-state index is -4.18. The van der Waals surface area contributed by atoms with E-state index in [9.17, 15) is 14.4 Å². The van der Waals surface area contributed by atoms with Gasteiger partial charge in [-0.15, -0.1) is 0 Å². The molecule has 0 aliphatic rings. The molecular weight excluding hydrogens is 259 g/mol. The molecule has 0 aliphatic heterocycles. The van der Waals surface area contributed by atoms with Crippen LogP contribution in [0.25, 0.3) is 0 Å². The summed E-state index contributed by atoms with van der Waals surface area (Å²) in [6.45, 7) is 1.57. The van der Waals surface area contributed by atoms with Gasteiger partial charge < -0.3 is 9.79 Å². The molecule has 2 rings (SSSR count). The van der Waals surface area contributed by atoms with Crippen LogP contribution in [0, 0.1) is 5.92 Å². The lowest BCUT2D eigenvalue weighted by Crippen LogP contribution is -2.18. The summed E-state index contributed by atoms with van der Waals surface area (Å²) in [5.41, 5.74) is 0.839. The van der Waals surface area contributed by atoms with Crippen molar-refractivity contribution in [1.82, 2.24) is 0 Å². The highest BCUT2D eigenvalue weighted by molar-refractivity contribution is 7.52. The first-order valence-corrected chi connectivity index (χ1v) is 7.71. The molecule has 1 unspecified atom stereocenters. The van der Waals surface area contributed by atoms with Crippen molar-refractivity contribution in [2.45, 2.75) is 12.6 Å². The maximum atomic E-state index is 11.6. The van der Waals surface area contributed by atoms with E-state index in [4.69, 9.17) is 0 Å². The molecule has 0 fully saturated rings. The molecule has 2 aromatic carbocycles. The van der Waals surface area contributed by atoms with Gasteiger partial charge in [0.25, 0.3) is 0 Å². The van der Waals surface area contributed by atoms with E-state index >= 15 is 0 Å². The van der Waals surface area contributed by atoms with Gasteiger partial charge in [-0.2, -0.15) is 0 Å². The molecule has 3 nitrogen and oxygen atoms in total. The molecule has 1 atom stereocenters. The Bertz CT molecular complexity index is 523. The van der Waals surface area contributed by atoms with Crippen molar-refractivity contribution in [2.24, 2.45) is 0 Å². The predicted molar refractivity (Wildman–Crippen MR) is 75.8 cm³/mol. The van der Waals surface area contributed by atoms with Gasteiger partial charge in [-0.1, -0.05) is 60.7 Å². The highest BCUT2D eigenvalue weighted by Gasteiger charge is 2.34. The molecular formula is C15H16O3P. The lowest BCUT2D eigenvalue weighted by Gasteiger charge is -2.25. The van der Waals surface area contributed by atoms with Gasteiger partial charge in [0.1, 0.15) is 0 Å². The Morgan fingerprint density at radius 1 is 0.895 bits per heavy atom. The van der Waals surface area contributed by atoms with E-state index in [1.807, 2.05) is 60.7 Å². The molecule has 2 aromatic rings. The van der Waals surface area contributed by atoms with E-state index in [1.54, 1.807) is 6.92 Å². The molecule has 4 heteroatoms. The van der Waals surface area contributed by atoms with E-state index in [2.05, 4.69) is 0 Å². The van der Waals surface area contributed by atoms with Crippen molar-refractivity contribution in [3.8, 4) is 0 Å². The Kier molecular flexibility index (Phi) is 4.20. The van der Waals surface area contributed by atoms with Gasteiger partial charge in [-0.3, -0.25) is 4.57 Å². The van der Waals surface area contributed by atoms with Crippen molar-refractivity contribution >= 4 is 7.60 Å². The van der Waals surface area contributed by atoms with Gasteiger partial charge in [-0.05, 0) is 18.1 Å². The average Bonchev–Trinajstić information content (AvgIpc) is 2.40. The molecule has 2 N–H and O–H groups in total. The number of rotatable bonds is 4. The highest BCUT2D eigenvalue weighted by Crippen LogP contribution is 2.49. The summed E-state index contributed by atoms with van der Waals surface area (Å²) in [5.74, 6) is 0.675. The van der Waals surface area contributed by atoms with E-state index in [1.165, 1.54) is 0 Å². The van der Waals surface area contributed by atoms with Crippen LogP contribution in [0.5, 0.6) is 0 Å². The topological polar surface area (TPSA) is 57.5 Å². The van der Waals surface area contributed by atoms with Crippen LogP contribution in [0.3, 0.4) is 0 Å². The summed E-state index contributed by atoms with van der Waals surface area (Å²) in [7, 11) is -4.18.